The fourth-order valence-electron chi connectivity index (χ4n) is 2.54. The Morgan fingerprint density at radius 1 is 1.27 bits per heavy atom. The van der Waals surface area contributed by atoms with Crippen LogP contribution in [0.15, 0.2) is 24.3 Å². The van der Waals surface area contributed by atoms with Gasteiger partial charge in [-0.05, 0) is 46.5 Å². The van der Waals surface area contributed by atoms with Gasteiger partial charge < -0.3 is 9.64 Å². The lowest BCUT2D eigenvalue weighted by Gasteiger charge is -2.09. The minimum Gasteiger partial charge on any atom is -0.466 e. The van der Waals surface area contributed by atoms with E-state index in [9.17, 15) is 4.79 Å². The van der Waals surface area contributed by atoms with E-state index in [1.807, 2.05) is 29.8 Å². The largest absolute Gasteiger partial charge is 0.466 e. The maximum absolute atomic E-state index is 11.7. The number of ether oxygens (including phenoxy) is 1. The number of aryl methyl sites for hydroxylation is 1. The zero-order chi connectivity index (χ0) is 15.9. The van der Waals surface area contributed by atoms with Crippen LogP contribution in [0.2, 0.25) is 0 Å². The third-order valence-corrected chi connectivity index (χ3v) is 3.58. The molecule has 0 saturated carbocycles. The summed E-state index contributed by atoms with van der Waals surface area (Å²) in [6.07, 6.45) is 2.44. The number of carbonyl (C=O) groups excluding carboxylic acids is 1. The van der Waals surface area contributed by atoms with Gasteiger partial charge in [-0.15, -0.1) is 0 Å². The topological polar surface area (TPSA) is 47.4 Å². The van der Waals surface area contributed by atoms with Crippen molar-refractivity contribution in [3.05, 3.63) is 30.0 Å². The van der Waals surface area contributed by atoms with Crippen molar-refractivity contribution in [3.8, 4) is 0 Å². The first-order valence-corrected chi connectivity index (χ1v) is 7.86. The number of esters is 1. The summed E-state index contributed by atoms with van der Waals surface area (Å²) in [5.41, 5.74) is 1.90. The maximum Gasteiger partial charge on any atom is 0.311 e. The molecule has 0 saturated heterocycles. The summed E-state index contributed by atoms with van der Waals surface area (Å²) < 4.78 is 7.05. The van der Waals surface area contributed by atoms with Crippen molar-refractivity contribution >= 4 is 16.9 Å². The molecule has 120 valence electrons. The number of nitrogens with zero attached hydrogens (tertiary/aromatic N) is 3. The molecule has 0 N–H and O–H groups in total. The Balaban J connectivity index is 2.11. The van der Waals surface area contributed by atoms with Crippen LogP contribution in [0.5, 0.6) is 0 Å². The van der Waals surface area contributed by atoms with Crippen LogP contribution >= 0.6 is 0 Å². The van der Waals surface area contributed by atoms with Crippen LogP contribution in [0.1, 0.15) is 25.5 Å². The zero-order valence-corrected chi connectivity index (χ0v) is 13.7. The van der Waals surface area contributed by atoms with Gasteiger partial charge in [0.1, 0.15) is 0 Å². The lowest BCUT2D eigenvalue weighted by Crippen LogP contribution is -2.14. The number of aromatic nitrogens is 2. The van der Waals surface area contributed by atoms with Gasteiger partial charge >= 0.3 is 5.97 Å². The summed E-state index contributed by atoms with van der Waals surface area (Å²) in [5.74, 6) is -0.217. The Morgan fingerprint density at radius 2 is 2.05 bits per heavy atom. The number of benzene rings is 1. The standard InChI is InChI=1S/C17H25N3O2/c1-4-22-17(21)13-15-14-9-5-6-10-16(14)20(18-15)12-8-7-11-19(2)3/h5-6,9-10H,4,7-8,11-13H2,1-3H3. The van der Waals surface area contributed by atoms with Crippen molar-refractivity contribution < 1.29 is 9.53 Å². The molecule has 0 fully saturated rings. The van der Waals surface area contributed by atoms with Gasteiger partial charge in [-0.2, -0.15) is 5.10 Å². The number of rotatable bonds is 8. The van der Waals surface area contributed by atoms with Crippen LogP contribution in [-0.2, 0) is 22.5 Å². The first-order valence-electron chi connectivity index (χ1n) is 7.86. The van der Waals surface area contributed by atoms with Gasteiger partial charge in [0.2, 0.25) is 0 Å². The number of para-hydroxylation sites is 1. The highest BCUT2D eigenvalue weighted by Gasteiger charge is 2.13. The van der Waals surface area contributed by atoms with Crippen LogP contribution in [0, 0.1) is 0 Å². The molecule has 5 heteroatoms. The number of hydrogen-bond donors (Lipinski definition) is 0. The summed E-state index contributed by atoms with van der Waals surface area (Å²) in [4.78, 5) is 13.9. The molecule has 2 rings (SSSR count). The van der Waals surface area contributed by atoms with E-state index in [2.05, 4.69) is 30.2 Å². The molecule has 0 unspecified atom stereocenters. The highest BCUT2D eigenvalue weighted by atomic mass is 16.5. The van der Waals surface area contributed by atoms with E-state index in [0.29, 0.717) is 6.61 Å². The van der Waals surface area contributed by atoms with Gasteiger partial charge in [-0.3, -0.25) is 9.48 Å². The Hall–Kier alpha value is -1.88. The van der Waals surface area contributed by atoms with E-state index in [-0.39, 0.29) is 12.4 Å². The maximum atomic E-state index is 11.7. The average Bonchev–Trinajstić information content (AvgIpc) is 2.82. The first kappa shape index (κ1) is 16.5. The van der Waals surface area contributed by atoms with E-state index in [1.54, 1.807) is 0 Å². The number of fused-ring (bicyclic) bond motifs is 1. The van der Waals surface area contributed by atoms with E-state index in [1.165, 1.54) is 0 Å². The zero-order valence-electron chi connectivity index (χ0n) is 13.7. The molecule has 0 atom stereocenters. The predicted octanol–water partition coefficient (Wildman–Crippen LogP) is 2.48. The molecule has 1 heterocycles. The van der Waals surface area contributed by atoms with Crippen molar-refractivity contribution in [1.82, 2.24) is 14.7 Å². The van der Waals surface area contributed by atoms with Crippen molar-refractivity contribution in [2.75, 3.05) is 27.2 Å². The Bertz CT molecular complexity index is 619. The molecule has 1 aromatic heterocycles. The van der Waals surface area contributed by atoms with Gasteiger partial charge in [-0.1, -0.05) is 18.2 Å². The van der Waals surface area contributed by atoms with Crippen molar-refractivity contribution in [3.63, 3.8) is 0 Å². The predicted molar refractivity (Wildman–Crippen MR) is 87.9 cm³/mol. The van der Waals surface area contributed by atoms with E-state index >= 15 is 0 Å². The highest BCUT2D eigenvalue weighted by molar-refractivity contribution is 5.86. The molecule has 0 spiro atoms. The molecule has 0 bridgehead atoms. The second kappa shape index (κ2) is 7.94. The van der Waals surface area contributed by atoms with E-state index < -0.39 is 0 Å². The molecule has 2 aromatic rings. The Morgan fingerprint density at radius 3 is 2.77 bits per heavy atom. The molecule has 0 aliphatic heterocycles. The minimum atomic E-state index is -0.217. The smallest absolute Gasteiger partial charge is 0.311 e. The van der Waals surface area contributed by atoms with Crippen molar-refractivity contribution in [1.29, 1.82) is 0 Å². The van der Waals surface area contributed by atoms with Gasteiger partial charge in [0.05, 0.1) is 24.2 Å². The van der Waals surface area contributed by atoms with Gasteiger partial charge in [0, 0.05) is 11.9 Å². The molecule has 22 heavy (non-hydrogen) atoms. The normalized spacial score (nSPS) is 11.3. The van der Waals surface area contributed by atoms with E-state index in [0.717, 1.165) is 42.5 Å². The SMILES string of the molecule is CCOC(=O)Cc1nn(CCCCN(C)C)c2ccccc12. The fraction of sp³-hybridized carbons (Fsp3) is 0.529. The fourth-order valence-corrected chi connectivity index (χ4v) is 2.54. The average molecular weight is 303 g/mol. The molecule has 0 aliphatic rings. The quantitative estimate of drug-likeness (QED) is 0.555. The summed E-state index contributed by atoms with van der Waals surface area (Å²) >= 11 is 0. The third kappa shape index (κ3) is 4.31. The lowest BCUT2D eigenvalue weighted by molar-refractivity contribution is -0.142. The number of carbonyl (C=O) groups is 1. The summed E-state index contributed by atoms with van der Waals surface area (Å²) in [7, 11) is 4.17. The highest BCUT2D eigenvalue weighted by Crippen LogP contribution is 2.19. The van der Waals surface area contributed by atoms with Gasteiger partial charge in [-0.25, -0.2) is 0 Å². The molecular formula is C17H25N3O2. The molecular weight excluding hydrogens is 278 g/mol. The summed E-state index contributed by atoms with van der Waals surface area (Å²) in [6.45, 7) is 4.17. The molecule has 0 amide bonds. The van der Waals surface area contributed by atoms with Crippen molar-refractivity contribution in [2.24, 2.45) is 0 Å². The van der Waals surface area contributed by atoms with Crippen LogP contribution in [0.25, 0.3) is 10.9 Å². The summed E-state index contributed by atoms with van der Waals surface area (Å²) in [6, 6.07) is 8.07. The second-order valence-electron chi connectivity index (χ2n) is 5.68. The lowest BCUT2D eigenvalue weighted by atomic mass is 10.1. The molecule has 0 aliphatic carbocycles. The molecule has 1 aromatic carbocycles. The number of hydrogen-bond acceptors (Lipinski definition) is 4. The Kier molecular flexibility index (Phi) is 5.95. The monoisotopic (exact) mass is 303 g/mol. The molecule has 0 radical (unpaired) electrons. The first-order chi connectivity index (χ1) is 10.6. The van der Waals surface area contributed by atoms with Crippen molar-refractivity contribution in [2.45, 2.75) is 32.7 Å². The minimum absolute atomic E-state index is 0.217. The second-order valence-corrected chi connectivity index (χ2v) is 5.68. The van der Waals surface area contributed by atoms with Crippen LogP contribution in [0.3, 0.4) is 0 Å². The van der Waals surface area contributed by atoms with Gasteiger partial charge in [0.25, 0.3) is 0 Å². The Labute approximate surface area is 131 Å². The van der Waals surface area contributed by atoms with E-state index in [4.69, 9.17) is 4.74 Å². The third-order valence-electron chi connectivity index (χ3n) is 3.58. The van der Waals surface area contributed by atoms with Crippen LogP contribution in [-0.4, -0.2) is 47.9 Å². The molecule has 5 nitrogen and oxygen atoms in total. The summed E-state index contributed by atoms with van der Waals surface area (Å²) in [5, 5.41) is 5.68. The number of unbranched alkanes of at least 4 members (excludes halogenated alkanes) is 1. The van der Waals surface area contributed by atoms with Crippen LogP contribution < -0.4 is 0 Å². The van der Waals surface area contributed by atoms with Gasteiger partial charge in [0.15, 0.2) is 0 Å². The van der Waals surface area contributed by atoms with Crippen LogP contribution in [0.4, 0.5) is 0 Å².